The molecule has 1 heterocycles. The molecule has 2 rings (SSSR count). The number of hydrogen-bond donors (Lipinski definition) is 1. The lowest BCUT2D eigenvalue weighted by Crippen LogP contribution is -2.20. The third-order valence-corrected chi connectivity index (χ3v) is 3.43. The van der Waals surface area contributed by atoms with E-state index in [0.29, 0.717) is 6.04 Å². The second-order valence-electron chi connectivity index (χ2n) is 4.77. The molecule has 0 aliphatic heterocycles. The highest BCUT2D eigenvalue weighted by Gasteiger charge is 2.11. The van der Waals surface area contributed by atoms with Crippen LogP contribution in [0.3, 0.4) is 0 Å². The monoisotopic (exact) mass is 221 g/mol. The summed E-state index contributed by atoms with van der Waals surface area (Å²) in [5.41, 5.74) is 1.19. The van der Waals surface area contributed by atoms with Gasteiger partial charge in [-0.25, -0.2) is 0 Å². The van der Waals surface area contributed by atoms with Gasteiger partial charge in [-0.2, -0.15) is 5.10 Å². The van der Waals surface area contributed by atoms with Gasteiger partial charge in [0.1, 0.15) is 0 Å². The lowest BCUT2D eigenvalue weighted by molar-refractivity contribution is 0.471. The molecule has 0 unspecified atom stereocenters. The van der Waals surface area contributed by atoms with Crippen LogP contribution in [0.25, 0.3) is 0 Å². The summed E-state index contributed by atoms with van der Waals surface area (Å²) in [5.74, 6) is 0. The van der Waals surface area contributed by atoms with E-state index in [1.165, 1.54) is 50.6 Å². The van der Waals surface area contributed by atoms with Crippen molar-refractivity contribution in [1.82, 2.24) is 9.78 Å². The lowest BCUT2D eigenvalue weighted by atomic mass is 9.97. The minimum Gasteiger partial charge on any atom is -0.380 e. The first-order valence-electron chi connectivity index (χ1n) is 6.67. The second-order valence-corrected chi connectivity index (χ2v) is 4.77. The Morgan fingerprint density at radius 1 is 1.25 bits per heavy atom. The van der Waals surface area contributed by atoms with Crippen molar-refractivity contribution in [2.75, 3.05) is 5.32 Å². The Bertz CT molecular complexity index is 298. The zero-order chi connectivity index (χ0) is 11.2. The van der Waals surface area contributed by atoms with E-state index in [0.717, 1.165) is 6.54 Å². The summed E-state index contributed by atoms with van der Waals surface area (Å²) in [4.78, 5) is 0. The van der Waals surface area contributed by atoms with Crippen LogP contribution in [0.2, 0.25) is 0 Å². The largest absolute Gasteiger partial charge is 0.380 e. The third kappa shape index (κ3) is 3.26. The molecular formula is C13H23N3. The molecule has 1 aromatic rings. The van der Waals surface area contributed by atoms with Crippen molar-refractivity contribution < 1.29 is 0 Å². The molecule has 0 spiro atoms. The molecule has 0 bridgehead atoms. The van der Waals surface area contributed by atoms with Gasteiger partial charge in [0.2, 0.25) is 0 Å². The third-order valence-electron chi connectivity index (χ3n) is 3.43. The van der Waals surface area contributed by atoms with Crippen molar-refractivity contribution in [3.05, 3.63) is 12.4 Å². The predicted octanol–water partition coefficient (Wildman–Crippen LogP) is 3.43. The molecule has 1 fully saturated rings. The van der Waals surface area contributed by atoms with Crippen molar-refractivity contribution in [2.45, 2.75) is 64.5 Å². The van der Waals surface area contributed by atoms with Gasteiger partial charge in [-0.15, -0.1) is 0 Å². The Labute approximate surface area is 98.2 Å². The maximum absolute atomic E-state index is 4.30. The van der Waals surface area contributed by atoms with Crippen LogP contribution in [0.15, 0.2) is 12.4 Å². The summed E-state index contributed by atoms with van der Waals surface area (Å²) >= 11 is 0. The van der Waals surface area contributed by atoms with Crippen LogP contribution in [0.4, 0.5) is 5.69 Å². The lowest BCUT2D eigenvalue weighted by Gasteiger charge is -2.21. The Kier molecular flexibility index (Phi) is 4.25. The van der Waals surface area contributed by atoms with E-state index in [9.17, 15) is 0 Å². The first-order valence-corrected chi connectivity index (χ1v) is 6.67. The molecule has 1 aromatic heterocycles. The van der Waals surface area contributed by atoms with Crippen LogP contribution >= 0.6 is 0 Å². The minimum absolute atomic E-state index is 0.662. The molecule has 1 N–H and O–H groups in total. The van der Waals surface area contributed by atoms with E-state index >= 15 is 0 Å². The van der Waals surface area contributed by atoms with Gasteiger partial charge in [-0.3, -0.25) is 4.68 Å². The molecule has 0 aromatic carbocycles. The van der Waals surface area contributed by atoms with E-state index in [1.807, 2.05) is 10.9 Å². The molecule has 0 atom stereocenters. The average molecular weight is 221 g/mol. The van der Waals surface area contributed by atoms with E-state index in [1.54, 1.807) is 0 Å². The molecule has 0 radical (unpaired) electrons. The van der Waals surface area contributed by atoms with Crippen LogP contribution in [-0.2, 0) is 6.54 Å². The van der Waals surface area contributed by atoms with Crippen molar-refractivity contribution in [1.29, 1.82) is 0 Å². The van der Waals surface area contributed by atoms with E-state index < -0.39 is 0 Å². The van der Waals surface area contributed by atoms with Crippen LogP contribution in [-0.4, -0.2) is 15.8 Å². The maximum atomic E-state index is 4.30. The Balaban J connectivity index is 1.86. The van der Waals surface area contributed by atoms with Crippen molar-refractivity contribution in [2.24, 2.45) is 0 Å². The van der Waals surface area contributed by atoms with Crippen LogP contribution in [0.1, 0.15) is 51.9 Å². The van der Waals surface area contributed by atoms with E-state index in [4.69, 9.17) is 0 Å². The second kappa shape index (κ2) is 5.92. The number of rotatable bonds is 3. The van der Waals surface area contributed by atoms with Crippen LogP contribution in [0.5, 0.6) is 0 Å². The Morgan fingerprint density at radius 2 is 1.94 bits per heavy atom. The predicted molar refractivity (Wildman–Crippen MR) is 67.6 cm³/mol. The van der Waals surface area contributed by atoms with Crippen LogP contribution < -0.4 is 5.32 Å². The number of nitrogens with one attached hydrogen (secondary N) is 1. The average Bonchev–Trinajstić information content (AvgIpc) is 2.69. The van der Waals surface area contributed by atoms with Gasteiger partial charge in [0.15, 0.2) is 0 Å². The molecular weight excluding hydrogens is 198 g/mol. The van der Waals surface area contributed by atoms with Crippen molar-refractivity contribution in [3.8, 4) is 0 Å². The first kappa shape index (κ1) is 11.5. The van der Waals surface area contributed by atoms with Crippen LogP contribution in [0, 0.1) is 0 Å². The summed E-state index contributed by atoms with van der Waals surface area (Å²) in [6.07, 6.45) is 13.7. The molecule has 1 aliphatic carbocycles. The van der Waals surface area contributed by atoms with Gasteiger partial charge in [-0.1, -0.05) is 32.1 Å². The normalized spacial score (nSPS) is 19.1. The molecule has 0 saturated heterocycles. The van der Waals surface area contributed by atoms with Gasteiger partial charge in [-0.05, 0) is 19.8 Å². The SMILES string of the molecule is CCn1cc(NC2CCCCCCC2)cn1. The van der Waals surface area contributed by atoms with Gasteiger partial charge in [0.05, 0.1) is 11.9 Å². The fourth-order valence-electron chi connectivity index (χ4n) is 2.45. The fourth-order valence-corrected chi connectivity index (χ4v) is 2.45. The van der Waals surface area contributed by atoms with Crippen molar-refractivity contribution in [3.63, 3.8) is 0 Å². The zero-order valence-corrected chi connectivity index (χ0v) is 10.3. The highest BCUT2D eigenvalue weighted by molar-refractivity contribution is 5.39. The maximum Gasteiger partial charge on any atom is 0.0728 e. The first-order chi connectivity index (χ1) is 7.88. The number of hydrogen-bond acceptors (Lipinski definition) is 2. The van der Waals surface area contributed by atoms with E-state index in [2.05, 4.69) is 23.5 Å². The zero-order valence-electron chi connectivity index (χ0n) is 10.3. The minimum atomic E-state index is 0.662. The summed E-state index contributed by atoms with van der Waals surface area (Å²) in [7, 11) is 0. The number of aromatic nitrogens is 2. The number of nitrogens with zero attached hydrogens (tertiary/aromatic N) is 2. The summed E-state index contributed by atoms with van der Waals surface area (Å²) in [6, 6.07) is 0.662. The molecule has 90 valence electrons. The topological polar surface area (TPSA) is 29.9 Å². The summed E-state index contributed by atoms with van der Waals surface area (Å²) in [5, 5.41) is 7.92. The van der Waals surface area contributed by atoms with Gasteiger partial charge >= 0.3 is 0 Å². The van der Waals surface area contributed by atoms with E-state index in [-0.39, 0.29) is 0 Å². The molecule has 1 saturated carbocycles. The number of aryl methyl sites for hydroxylation is 1. The highest BCUT2D eigenvalue weighted by atomic mass is 15.3. The molecule has 3 nitrogen and oxygen atoms in total. The summed E-state index contributed by atoms with van der Waals surface area (Å²) in [6.45, 7) is 3.07. The molecule has 1 aliphatic rings. The number of anilines is 1. The smallest absolute Gasteiger partial charge is 0.0728 e. The fraction of sp³-hybridized carbons (Fsp3) is 0.769. The van der Waals surface area contributed by atoms with Gasteiger partial charge < -0.3 is 5.32 Å². The quantitative estimate of drug-likeness (QED) is 0.847. The van der Waals surface area contributed by atoms with Gasteiger partial charge in [0.25, 0.3) is 0 Å². The highest BCUT2D eigenvalue weighted by Crippen LogP contribution is 2.20. The Hall–Kier alpha value is -0.990. The Morgan fingerprint density at radius 3 is 2.56 bits per heavy atom. The molecule has 3 heteroatoms. The standard InChI is InChI=1S/C13H23N3/c1-2-16-11-13(10-14-16)15-12-8-6-4-3-5-7-9-12/h10-12,15H,2-9H2,1H3. The molecule has 0 amide bonds. The van der Waals surface area contributed by atoms with Gasteiger partial charge in [0, 0.05) is 18.8 Å². The summed E-state index contributed by atoms with van der Waals surface area (Å²) < 4.78 is 1.98. The molecule has 16 heavy (non-hydrogen) atoms. The van der Waals surface area contributed by atoms with Crippen molar-refractivity contribution >= 4 is 5.69 Å².